The lowest BCUT2D eigenvalue weighted by molar-refractivity contribution is 0.000210. The van der Waals surface area contributed by atoms with Gasteiger partial charge in [0.15, 0.2) is 0 Å². The van der Waals surface area contributed by atoms with Gasteiger partial charge in [-0.2, -0.15) is 0 Å². The second-order valence-electron chi connectivity index (χ2n) is 5.26. The minimum atomic E-state index is 0.121. The summed E-state index contributed by atoms with van der Waals surface area (Å²) >= 11 is 0. The molecule has 0 heterocycles. The number of likely N-dealkylation sites (N-methyl/N-ethyl adjacent to an activating group) is 1. The normalized spacial score (nSPS) is 14.6. The maximum absolute atomic E-state index is 5.78. The van der Waals surface area contributed by atoms with Crippen molar-refractivity contribution in [3.05, 3.63) is 35.4 Å². The van der Waals surface area contributed by atoms with E-state index in [1.807, 2.05) is 14.0 Å². The van der Waals surface area contributed by atoms with E-state index in [9.17, 15) is 0 Å². The molecule has 0 aromatic heterocycles. The SMILES string of the molecule is CNC(COC(C)COC)c1ccc(C(C)C)cc1. The summed E-state index contributed by atoms with van der Waals surface area (Å²) < 4.78 is 10.9. The number of ether oxygens (including phenoxy) is 2. The molecule has 3 nitrogen and oxygen atoms in total. The standard InChI is InChI=1S/C16H27NO2/c1-12(2)14-6-8-15(9-7-14)16(17-4)11-19-13(3)10-18-5/h6-9,12-13,16-17H,10-11H2,1-5H3. The summed E-state index contributed by atoms with van der Waals surface area (Å²) in [7, 11) is 3.66. The highest BCUT2D eigenvalue weighted by atomic mass is 16.5. The van der Waals surface area contributed by atoms with E-state index in [4.69, 9.17) is 9.47 Å². The lowest BCUT2D eigenvalue weighted by atomic mass is 9.99. The predicted octanol–water partition coefficient (Wildman–Crippen LogP) is 3.12. The second-order valence-corrected chi connectivity index (χ2v) is 5.26. The van der Waals surface area contributed by atoms with Gasteiger partial charge < -0.3 is 14.8 Å². The number of nitrogens with one attached hydrogen (secondary N) is 1. The topological polar surface area (TPSA) is 30.5 Å². The van der Waals surface area contributed by atoms with E-state index in [1.54, 1.807) is 7.11 Å². The molecule has 2 unspecified atom stereocenters. The van der Waals surface area contributed by atoms with Crippen molar-refractivity contribution in [2.75, 3.05) is 27.4 Å². The molecule has 0 aliphatic carbocycles. The Morgan fingerprint density at radius 1 is 1.00 bits per heavy atom. The van der Waals surface area contributed by atoms with Gasteiger partial charge in [0.1, 0.15) is 0 Å². The summed E-state index contributed by atoms with van der Waals surface area (Å²) in [6, 6.07) is 8.98. The second kappa shape index (κ2) is 8.31. The van der Waals surface area contributed by atoms with E-state index >= 15 is 0 Å². The summed E-state index contributed by atoms with van der Waals surface area (Å²) in [5.41, 5.74) is 2.63. The zero-order valence-corrected chi connectivity index (χ0v) is 12.8. The van der Waals surface area contributed by atoms with Crippen LogP contribution in [0.4, 0.5) is 0 Å². The lowest BCUT2D eigenvalue weighted by Crippen LogP contribution is -2.25. The van der Waals surface area contributed by atoms with Crippen molar-refractivity contribution in [3.63, 3.8) is 0 Å². The van der Waals surface area contributed by atoms with Gasteiger partial charge in [-0.25, -0.2) is 0 Å². The van der Waals surface area contributed by atoms with Crippen LogP contribution >= 0.6 is 0 Å². The van der Waals surface area contributed by atoms with Crippen molar-refractivity contribution < 1.29 is 9.47 Å². The Bertz CT molecular complexity index is 348. The van der Waals surface area contributed by atoms with Gasteiger partial charge in [0.05, 0.1) is 25.4 Å². The highest BCUT2D eigenvalue weighted by Gasteiger charge is 2.12. The minimum absolute atomic E-state index is 0.121. The Kier molecular flexibility index (Phi) is 7.06. The van der Waals surface area contributed by atoms with Crippen molar-refractivity contribution >= 4 is 0 Å². The molecular formula is C16H27NO2. The van der Waals surface area contributed by atoms with Crippen LogP contribution in [-0.2, 0) is 9.47 Å². The smallest absolute Gasteiger partial charge is 0.0781 e. The minimum Gasteiger partial charge on any atom is -0.382 e. The Morgan fingerprint density at radius 3 is 2.05 bits per heavy atom. The van der Waals surface area contributed by atoms with Gasteiger partial charge in [0.2, 0.25) is 0 Å². The molecule has 0 saturated heterocycles. The fraction of sp³-hybridized carbons (Fsp3) is 0.625. The van der Waals surface area contributed by atoms with Gasteiger partial charge >= 0.3 is 0 Å². The molecule has 0 spiro atoms. The summed E-state index contributed by atoms with van der Waals surface area (Å²) in [6.07, 6.45) is 0.121. The Hall–Kier alpha value is -0.900. The highest BCUT2D eigenvalue weighted by Crippen LogP contribution is 2.19. The van der Waals surface area contributed by atoms with Crippen molar-refractivity contribution in [1.82, 2.24) is 5.32 Å². The number of methoxy groups -OCH3 is 1. The van der Waals surface area contributed by atoms with E-state index in [-0.39, 0.29) is 12.1 Å². The first-order chi connectivity index (χ1) is 9.08. The summed E-state index contributed by atoms with van der Waals surface area (Å²) in [4.78, 5) is 0. The van der Waals surface area contributed by atoms with Crippen LogP contribution in [0.5, 0.6) is 0 Å². The van der Waals surface area contributed by atoms with Gasteiger partial charge in [-0.3, -0.25) is 0 Å². The Labute approximate surface area is 117 Å². The van der Waals surface area contributed by atoms with Crippen LogP contribution in [0.2, 0.25) is 0 Å². The number of hydrogen-bond acceptors (Lipinski definition) is 3. The lowest BCUT2D eigenvalue weighted by Gasteiger charge is -2.20. The molecule has 0 aliphatic heterocycles. The molecule has 1 aromatic rings. The zero-order chi connectivity index (χ0) is 14.3. The van der Waals surface area contributed by atoms with Gasteiger partial charge in [-0.1, -0.05) is 38.1 Å². The molecule has 1 N–H and O–H groups in total. The molecule has 1 aromatic carbocycles. The summed E-state index contributed by atoms with van der Waals surface area (Å²) in [6.45, 7) is 7.73. The number of rotatable bonds is 8. The molecule has 19 heavy (non-hydrogen) atoms. The van der Waals surface area contributed by atoms with Crippen LogP contribution in [0.15, 0.2) is 24.3 Å². The first-order valence-electron chi connectivity index (χ1n) is 6.96. The van der Waals surface area contributed by atoms with Gasteiger partial charge in [-0.15, -0.1) is 0 Å². The van der Waals surface area contributed by atoms with Gasteiger partial charge in [-0.05, 0) is 31.0 Å². The van der Waals surface area contributed by atoms with Crippen molar-refractivity contribution in [2.45, 2.75) is 38.8 Å². The molecule has 0 amide bonds. The van der Waals surface area contributed by atoms with Crippen LogP contribution < -0.4 is 5.32 Å². The van der Waals surface area contributed by atoms with Gasteiger partial charge in [0, 0.05) is 7.11 Å². The van der Waals surface area contributed by atoms with E-state index in [2.05, 4.69) is 43.4 Å². The number of benzene rings is 1. The molecule has 0 radical (unpaired) electrons. The van der Waals surface area contributed by atoms with Crippen LogP contribution in [0.3, 0.4) is 0 Å². The molecule has 0 aliphatic rings. The average molecular weight is 265 g/mol. The van der Waals surface area contributed by atoms with Crippen LogP contribution in [0.25, 0.3) is 0 Å². The van der Waals surface area contributed by atoms with Crippen molar-refractivity contribution in [2.24, 2.45) is 0 Å². The Morgan fingerprint density at radius 2 is 1.58 bits per heavy atom. The average Bonchev–Trinajstić information content (AvgIpc) is 2.40. The monoisotopic (exact) mass is 265 g/mol. The predicted molar refractivity (Wildman–Crippen MR) is 79.6 cm³/mol. The molecule has 0 fully saturated rings. The molecule has 3 heteroatoms. The zero-order valence-electron chi connectivity index (χ0n) is 12.8. The molecule has 1 rings (SSSR count). The fourth-order valence-electron chi connectivity index (χ4n) is 2.00. The van der Waals surface area contributed by atoms with Crippen LogP contribution in [-0.4, -0.2) is 33.5 Å². The van der Waals surface area contributed by atoms with Crippen LogP contribution in [0, 0.1) is 0 Å². The van der Waals surface area contributed by atoms with Crippen LogP contribution in [0.1, 0.15) is 43.9 Å². The molecule has 0 saturated carbocycles. The quantitative estimate of drug-likeness (QED) is 0.783. The van der Waals surface area contributed by atoms with E-state index < -0.39 is 0 Å². The number of hydrogen-bond donors (Lipinski definition) is 1. The van der Waals surface area contributed by atoms with Gasteiger partial charge in [0.25, 0.3) is 0 Å². The first kappa shape index (κ1) is 16.2. The largest absolute Gasteiger partial charge is 0.382 e. The molecule has 108 valence electrons. The summed E-state index contributed by atoms with van der Waals surface area (Å²) in [5.74, 6) is 0.570. The third-order valence-electron chi connectivity index (χ3n) is 3.30. The Balaban J connectivity index is 2.59. The maximum atomic E-state index is 5.78. The summed E-state index contributed by atoms with van der Waals surface area (Å²) in [5, 5.41) is 3.30. The molecular weight excluding hydrogens is 238 g/mol. The van der Waals surface area contributed by atoms with E-state index in [0.29, 0.717) is 19.1 Å². The third-order valence-corrected chi connectivity index (χ3v) is 3.30. The van der Waals surface area contributed by atoms with Crippen molar-refractivity contribution in [1.29, 1.82) is 0 Å². The molecule has 0 bridgehead atoms. The van der Waals surface area contributed by atoms with E-state index in [1.165, 1.54) is 11.1 Å². The van der Waals surface area contributed by atoms with E-state index in [0.717, 1.165) is 0 Å². The fourth-order valence-corrected chi connectivity index (χ4v) is 2.00. The first-order valence-corrected chi connectivity index (χ1v) is 6.96. The highest BCUT2D eigenvalue weighted by molar-refractivity contribution is 5.26. The van der Waals surface area contributed by atoms with Crippen molar-refractivity contribution in [3.8, 4) is 0 Å². The third kappa shape index (κ3) is 5.31. The molecule has 2 atom stereocenters. The maximum Gasteiger partial charge on any atom is 0.0781 e.